The Hall–Kier alpha value is -2.56. The molecule has 1 aliphatic heterocycles. The molecule has 0 unspecified atom stereocenters. The maximum atomic E-state index is 12.4. The van der Waals surface area contributed by atoms with E-state index in [4.69, 9.17) is 5.10 Å². The van der Waals surface area contributed by atoms with Crippen molar-refractivity contribution in [2.24, 2.45) is 0 Å². The van der Waals surface area contributed by atoms with Crippen LogP contribution in [0.1, 0.15) is 36.7 Å². The molecule has 1 N–H and O–H groups in total. The number of amides is 2. The molecule has 0 saturated heterocycles. The monoisotopic (exact) mass is 336 g/mol. The Morgan fingerprint density at radius 3 is 2.88 bits per heavy atom. The first kappa shape index (κ1) is 15.9. The maximum Gasteiger partial charge on any atom is 0.318 e. The van der Waals surface area contributed by atoms with Crippen LogP contribution in [-0.2, 0) is 19.4 Å². The van der Waals surface area contributed by atoms with Crippen molar-refractivity contribution < 1.29 is 4.79 Å². The molecule has 1 aromatic carbocycles. The van der Waals surface area contributed by atoms with Gasteiger partial charge in [0.05, 0.1) is 17.9 Å². The summed E-state index contributed by atoms with van der Waals surface area (Å²) in [7, 11) is 0. The fraction of sp³-hybridized carbons (Fsp3) is 0.400. The van der Waals surface area contributed by atoms with Crippen LogP contribution >= 0.6 is 0 Å². The second-order valence-corrected chi connectivity index (χ2v) is 6.89. The van der Waals surface area contributed by atoms with Crippen LogP contribution in [0.4, 0.5) is 4.79 Å². The van der Waals surface area contributed by atoms with Gasteiger partial charge in [0.25, 0.3) is 0 Å². The van der Waals surface area contributed by atoms with Gasteiger partial charge in [0.1, 0.15) is 0 Å². The summed E-state index contributed by atoms with van der Waals surface area (Å²) in [5.74, 6) is 0. The average Bonchev–Trinajstić information content (AvgIpc) is 3.23. The van der Waals surface area contributed by atoms with Crippen molar-refractivity contribution in [2.75, 3.05) is 13.1 Å². The zero-order chi connectivity index (χ0) is 17.2. The first-order valence-electron chi connectivity index (χ1n) is 9.06. The van der Waals surface area contributed by atoms with Gasteiger partial charge in [-0.3, -0.25) is 0 Å². The van der Waals surface area contributed by atoms with E-state index in [1.54, 1.807) is 0 Å². The van der Waals surface area contributed by atoms with E-state index in [1.165, 1.54) is 16.8 Å². The molecular formula is C20H24N4O. The van der Waals surface area contributed by atoms with Gasteiger partial charge in [0.15, 0.2) is 0 Å². The largest absolute Gasteiger partial charge is 0.332 e. The number of hydrogen-bond donors (Lipinski definition) is 1. The standard InChI is InChI=1S/C20H24N4O/c1-15-7-6-12-23(14-15)20(25)21-13-18-17-10-5-11-19(17)24(22-18)16-8-3-2-4-9-16/h2-4,7-9H,5-6,10-14H2,1H3,(H,21,25). The highest BCUT2D eigenvalue weighted by atomic mass is 16.2. The molecule has 1 aliphatic carbocycles. The minimum atomic E-state index is 0.00783. The zero-order valence-electron chi connectivity index (χ0n) is 14.7. The number of fused-ring (bicyclic) bond motifs is 1. The number of para-hydroxylation sites is 1. The third-order valence-electron chi connectivity index (χ3n) is 5.04. The van der Waals surface area contributed by atoms with Crippen molar-refractivity contribution in [2.45, 2.75) is 39.2 Å². The van der Waals surface area contributed by atoms with Gasteiger partial charge < -0.3 is 10.2 Å². The summed E-state index contributed by atoms with van der Waals surface area (Å²) in [4.78, 5) is 14.3. The smallest absolute Gasteiger partial charge is 0.318 e. The van der Waals surface area contributed by atoms with Gasteiger partial charge in [0.2, 0.25) is 0 Å². The molecule has 0 saturated carbocycles. The minimum absolute atomic E-state index is 0.00783. The Morgan fingerprint density at radius 2 is 2.08 bits per heavy atom. The predicted octanol–water partition coefficient (Wildman–Crippen LogP) is 3.22. The Morgan fingerprint density at radius 1 is 1.24 bits per heavy atom. The second kappa shape index (κ2) is 6.75. The van der Waals surface area contributed by atoms with Gasteiger partial charge >= 0.3 is 6.03 Å². The molecule has 2 amide bonds. The number of carbonyl (C=O) groups excluding carboxylic acids is 1. The molecule has 2 aliphatic rings. The summed E-state index contributed by atoms with van der Waals surface area (Å²) in [5, 5.41) is 7.87. The predicted molar refractivity (Wildman–Crippen MR) is 97.8 cm³/mol. The van der Waals surface area contributed by atoms with Gasteiger partial charge in [-0.15, -0.1) is 0 Å². The van der Waals surface area contributed by atoms with Crippen LogP contribution in [0.3, 0.4) is 0 Å². The molecule has 0 atom stereocenters. The average molecular weight is 336 g/mol. The van der Waals surface area contributed by atoms with Crippen LogP contribution in [0.2, 0.25) is 0 Å². The van der Waals surface area contributed by atoms with Gasteiger partial charge in [-0.2, -0.15) is 5.10 Å². The molecule has 2 heterocycles. The lowest BCUT2D eigenvalue weighted by Crippen LogP contribution is -2.42. The molecule has 1 aromatic heterocycles. The van der Waals surface area contributed by atoms with Crippen LogP contribution in [0.5, 0.6) is 0 Å². The van der Waals surface area contributed by atoms with Gasteiger partial charge in [-0.1, -0.05) is 29.8 Å². The van der Waals surface area contributed by atoms with Crippen molar-refractivity contribution in [3.63, 3.8) is 0 Å². The van der Waals surface area contributed by atoms with E-state index in [9.17, 15) is 4.79 Å². The lowest BCUT2D eigenvalue weighted by molar-refractivity contribution is 0.200. The number of hydrogen-bond acceptors (Lipinski definition) is 2. The molecule has 25 heavy (non-hydrogen) atoms. The van der Waals surface area contributed by atoms with Crippen molar-refractivity contribution in [1.29, 1.82) is 0 Å². The molecule has 0 bridgehead atoms. The molecule has 0 fully saturated rings. The SMILES string of the molecule is CC1=CCCN(C(=O)NCc2nn(-c3ccccc3)c3c2CCC3)C1. The van der Waals surface area contributed by atoms with E-state index in [2.05, 4.69) is 35.1 Å². The van der Waals surface area contributed by atoms with Crippen molar-refractivity contribution in [3.05, 3.63) is 58.9 Å². The third kappa shape index (κ3) is 3.18. The first-order chi connectivity index (χ1) is 12.2. The maximum absolute atomic E-state index is 12.4. The number of aromatic nitrogens is 2. The third-order valence-corrected chi connectivity index (χ3v) is 5.04. The van der Waals surface area contributed by atoms with Crippen LogP contribution in [-0.4, -0.2) is 33.8 Å². The number of benzene rings is 1. The summed E-state index contributed by atoms with van der Waals surface area (Å²) in [6, 6.07) is 10.3. The Bertz CT molecular complexity index is 807. The van der Waals surface area contributed by atoms with Gasteiger partial charge in [-0.25, -0.2) is 9.48 Å². The van der Waals surface area contributed by atoms with E-state index >= 15 is 0 Å². The highest BCUT2D eigenvalue weighted by molar-refractivity contribution is 5.74. The fourth-order valence-electron chi connectivity index (χ4n) is 3.79. The molecule has 0 radical (unpaired) electrons. The highest BCUT2D eigenvalue weighted by Gasteiger charge is 2.24. The summed E-state index contributed by atoms with van der Waals surface area (Å²) in [5.41, 5.74) is 5.98. The quantitative estimate of drug-likeness (QED) is 0.875. The molecule has 130 valence electrons. The molecule has 5 heteroatoms. The van der Waals surface area contributed by atoms with Crippen molar-refractivity contribution in [1.82, 2.24) is 20.0 Å². The summed E-state index contributed by atoms with van der Waals surface area (Å²) in [6.45, 7) is 4.09. The topological polar surface area (TPSA) is 50.2 Å². The lowest BCUT2D eigenvalue weighted by atomic mass is 10.1. The first-order valence-corrected chi connectivity index (χ1v) is 9.06. The second-order valence-electron chi connectivity index (χ2n) is 6.89. The van der Waals surface area contributed by atoms with E-state index in [0.717, 1.165) is 50.2 Å². The molecule has 2 aromatic rings. The Kier molecular flexibility index (Phi) is 4.30. The molecule has 5 nitrogen and oxygen atoms in total. The highest BCUT2D eigenvalue weighted by Crippen LogP contribution is 2.27. The normalized spacial score (nSPS) is 16.5. The number of rotatable bonds is 3. The van der Waals surface area contributed by atoms with Crippen LogP contribution in [0.25, 0.3) is 5.69 Å². The number of nitrogens with zero attached hydrogens (tertiary/aromatic N) is 3. The Balaban J connectivity index is 1.50. The molecule has 4 rings (SSSR count). The summed E-state index contributed by atoms with van der Waals surface area (Å²) in [6.07, 6.45) is 6.42. The van der Waals surface area contributed by atoms with Crippen molar-refractivity contribution in [3.8, 4) is 5.69 Å². The summed E-state index contributed by atoms with van der Waals surface area (Å²) < 4.78 is 2.05. The number of nitrogens with one attached hydrogen (secondary N) is 1. The van der Waals surface area contributed by atoms with E-state index < -0.39 is 0 Å². The van der Waals surface area contributed by atoms with E-state index in [0.29, 0.717) is 6.54 Å². The van der Waals surface area contributed by atoms with Crippen LogP contribution in [0, 0.1) is 0 Å². The van der Waals surface area contributed by atoms with Crippen molar-refractivity contribution >= 4 is 6.03 Å². The van der Waals surface area contributed by atoms with Gasteiger partial charge in [-0.05, 0) is 50.3 Å². The minimum Gasteiger partial charge on any atom is -0.332 e. The Labute approximate surface area is 148 Å². The van der Waals surface area contributed by atoms with Crippen LogP contribution < -0.4 is 5.32 Å². The fourth-order valence-corrected chi connectivity index (χ4v) is 3.79. The summed E-state index contributed by atoms with van der Waals surface area (Å²) >= 11 is 0. The van der Waals surface area contributed by atoms with E-state index in [1.807, 2.05) is 23.1 Å². The number of urea groups is 1. The molecular weight excluding hydrogens is 312 g/mol. The van der Waals surface area contributed by atoms with E-state index in [-0.39, 0.29) is 6.03 Å². The van der Waals surface area contributed by atoms with Crippen LogP contribution in [0.15, 0.2) is 42.0 Å². The lowest BCUT2D eigenvalue weighted by Gasteiger charge is -2.26. The molecule has 0 spiro atoms. The zero-order valence-corrected chi connectivity index (χ0v) is 14.7. The number of carbonyl (C=O) groups is 1. The van der Waals surface area contributed by atoms with Gasteiger partial charge in [0, 0.05) is 18.8 Å².